The first-order chi connectivity index (χ1) is 17.2. The zero-order valence-electron chi connectivity index (χ0n) is 20.8. The van der Waals surface area contributed by atoms with E-state index in [1.807, 2.05) is 6.20 Å². The molecular formula is C24H28N8O3S. The Bertz CT molecular complexity index is 1470. The number of nitrogens with one attached hydrogen (secondary N) is 2. The summed E-state index contributed by atoms with van der Waals surface area (Å²) in [6.45, 7) is 7.28. The van der Waals surface area contributed by atoms with Crippen molar-refractivity contribution in [2.45, 2.75) is 32.7 Å². The van der Waals surface area contributed by atoms with Crippen LogP contribution in [0, 0.1) is 6.92 Å². The number of aromatic nitrogens is 5. The van der Waals surface area contributed by atoms with Crippen LogP contribution in [0.3, 0.4) is 0 Å². The number of anilines is 2. The Labute approximate surface area is 212 Å². The van der Waals surface area contributed by atoms with Gasteiger partial charge in [-0.3, -0.25) is 19.5 Å². The van der Waals surface area contributed by atoms with Crippen LogP contribution in [-0.2, 0) is 11.8 Å². The van der Waals surface area contributed by atoms with Gasteiger partial charge in [-0.15, -0.1) is 11.3 Å². The molecule has 4 aromatic rings. The van der Waals surface area contributed by atoms with E-state index in [4.69, 9.17) is 4.74 Å². The quantitative estimate of drug-likeness (QED) is 0.394. The summed E-state index contributed by atoms with van der Waals surface area (Å²) in [5.41, 5.74) is 2.99. The van der Waals surface area contributed by atoms with Crippen molar-refractivity contribution in [1.29, 1.82) is 0 Å². The van der Waals surface area contributed by atoms with Crippen molar-refractivity contribution >= 4 is 39.4 Å². The van der Waals surface area contributed by atoms with Gasteiger partial charge in [-0.25, -0.2) is 9.20 Å². The fourth-order valence-corrected chi connectivity index (χ4v) is 5.27. The average molecular weight is 509 g/mol. The lowest BCUT2D eigenvalue weighted by Crippen LogP contribution is -2.57. The van der Waals surface area contributed by atoms with Crippen LogP contribution < -0.4 is 15.4 Å². The fourth-order valence-electron chi connectivity index (χ4n) is 4.21. The Hall–Kier alpha value is -3.77. The Morgan fingerprint density at radius 1 is 1.19 bits per heavy atom. The van der Waals surface area contributed by atoms with Crippen molar-refractivity contribution in [3.63, 3.8) is 0 Å². The Balaban J connectivity index is 1.33. The normalized spacial score (nSPS) is 15.0. The monoisotopic (exact) mass is 508 g/mol. The molecular weight excluding hydrogens is 480 g/mol. The van der Waals surface area contributed by atoms with Crippen LogP contribution in [0.2, 0.25) is 0 Å². The van der Waals surface area contributed by atoms with Crippen LogP contribution in [0.1, 0.15) is 36.3 Å². The van der Waals surface area contributed by atoms with Crippen molar-refractivity contribution in [1.82, 2.24) is 29.3 Å². The van der Waals surface area contributed by atoms with Crippen LogP contribution in [-0.4, -0.2) is 66.8 Å². The molecule has 2 N–H and O–H groups in total. The second-order valence-electron chi connectivity index (χ2n) is 9.44. The van der Waals surface area contributed by atoms with Gasteiger partial charge in [0.05, 0.1) is 65.3 Å². The molecule has 0 radical (unpaired) electrons. The second kappa shape index (κ2) is 9.03. The van der Waals surface area contributed by atoms with Gasteiger partial charge in [0.1, 0.15) is 4.83 Å². The van der Waals surface area contributed by atoms with Gasteiger partial charge in [0, 0.05) is 25.3 Å². The Morgan fingerprint density at radius 3 is 2.69 bits per heavy atom. The molecule has 1 aliphatic rings. The van der Waals surface area contributed by atoms with Gasteiger partial charge in [0.25, 0.3) is 5.91 Å². The van der Waals surface area contributed by atoms with Gasteiger partial charge in [0.15, 0.2) is 0 Å². The number of rotatable bonds is 7. The SMILES string of the molecule is COc1c(-c2cn3ncc(C(=O)Nc4cc(NC(=O)CN5CCC5(C)C)cnc4C)c3s2)cnn1C. The zero-order chi connectivity index (χ0) is 25.6. The summed E-state index contributed by atoms with van der Waals surface area (Å²) < 4.78 is 8.77. The van der Waals surface area contributed by atoms with Crippen LogP contribution in [0.15, 0.2) is 30.9 Å². The van der Waals surface area contributed by atoms with E-state index in [2.05, 4.69) is 44.6 Å². The van der Waals surface area contributed by atoms with Crippen LogP contribution in [0.25, 0.3) is 15.3 Å². The van der Waals surface area contributed by atoms with Crippen molar-refractivity contribution in [2.75, 3.05) is 30.8 Å². The number of fused-ring (bicyclic) bond motifs is 1. The lowest BCUT2D eigenvalue weighted by molar-refractivity contribution is -0.121. The lowest BCUT2D eigenvalue weighted by Gasteiger charge is -2.48. The number of amides is 2. The molecule has 2 amide bonds. The summed E-state index contributed by atoms with van der Waals surface area (Å²) in [6.07, 6.45) is 7.77. The molecule has 12 heteroatoms. The maximum Gasteiger partial charge on any atom is 0.260 e. The third-order valence-corrected chi connectivity index (χ3v) is 7.73. The number of likely N-dealkylation sites (tertiary alicyclic amines) is 1. The van der Waals surface area contributed by atoms with Crippen molar-refractivity contribution in [3.8, 4) is 16.3 Å². The van der Waals surface area contributed by atoms with Gasteiger partial charge in [-0.05, 0) is 33.3 Å². The molecule has 1 aliphatic heterocycles. The number of carbonyl (C=O) groups excluding carboxylic acids is 2. The molecule has 5 heterocycles. The number of aryl methyl sites for hydroxylation is 2. The number of hydrogen-bond donors (Lipinski definition) is 2. The number of pyridine rings is 1. The van der Waals surface area contributed by atoms with E-state index in [9.17, 15) is 9.59 Å². The number of hydrogen-bond acceptors (Lipinski definition) is 8. The van der Waals surface area contributed by atoms with E-state index in [0.29, 0.717) is 39.9 Å². The van der Waals surface area contributed by atoms with Gasteiger partial charge in [-0.1, -0.05) is 0 Å². The number of methoxy groups -OCH3 is 1. The molecule has 5 rings (SSSR count). The highest BCUT2D eigenvalue weighted by Crippen LogP contribution is 2.36. The van der Waals surface area contributed by atoms with Crippen molar-refractivity contribution in [2.24, 2.45) is 7.05 Å². The van der Waals surface area contributed by atoms with E-state index in [1.165, 1.54) is 17.5 Å². The van der Waals surface area contributed by atoms with Gasteiger partial charge < -0.3 is 15.4 Å². The molecule has 1 saturated heterocycles. The molecule has 0 aromatic carbocycles. The van der Waals surface area contributed by atoms with E-state index in [1.54, 1.807) is 48.7 Å². The molecule has 188 valence electrons. The summed E-state index contributed by atoms with van der Waals surface area (Å²) in [5, 5.41) is 14.4. The minimum Gasteiger partial charge on any atom is -0.481 e. The molecule has 0 saturated carbocycles. The summed E-state index contributed by atoms with van der Waals surface area (Å²) in [4.78, 5) is 33.8. The van der Waals surface area contributed by atoms with Crippen molar-refractivity contribution < 1.29 is 14.3 Å². The number of nitrogens with zero attached hydrogens (tertiary/aromatic N) is 6. The third kappa shape index (κ3) is 4.33. The maximum atomic E-state index is 13.2. The first-order valence-electron chi connectivity index (χ1n) is 11.5. The molecule has 0 unspecified atom stereocenters. The predicted molar refractivity (Wildman–Crippen MR) is 138 cm³/mol. The fraction of sp³-hybridized carbons (Fsp3) is 0.375. The molecule has 11 nitrogen and oxygen atoms in total. The van der Waals surface area contributed by atoms with E-state index in [-0.39, 0.29) is 17.4 Å². The number of thiazole rings is 1. The summed E-state index contributed by atoms with van der Waals surface area (Å²) in [6, 6.07) is 1.72. The van der Waals surface area contributed by atoms with Gasteiger partial charge in [-0.2, -0.15) is 10.2 Å². The largest absolute Gasteiger partial charge is 0.481 e. The molecule has 0 spiro atoms. The molecule has 1 fully saturated rings. The van der Waals surface area contributed by atoms with Crippen LogP contribution in [0.4, 0.5) is 11.4 Å². The highest BCUT2D eigenvalue weighted by Gasteiger charge is 2.36. The van der Waals surface area contributed by atoms with Crippen LogP contribution in [0.5, 0.6) is 5.88 Å². The van der Waals surface area contributed by atoms with Gasteiger partial charge >= 0.3 is 0 Å². The zero-order valence-corrected chi connectivity index (χ0v) is 21.6. The van der Waals surface area contributed by atoms with Crippen LogP contribution >= 0.6 is 11.3 Å². The van der Waals surface area contributed by atoms with E-state index >= 15 is 0 Å². The molecule has 4 aromatic heterocycles. The minimum atomic E-state index is -0.313. The highest BCUT2D eigenvalue weighted by atomic mass is 32.1. The smallest absolute Gasteiger partial charge is 0.260 e. The number of carbonyl (C=O) groups is 2. The second-order valence-corrected chi connectivity index (χ2v) is 10.5. The Morgan fingerprint density at radius 2 is 2.00 bits per heavy atom. The van der Waals surface area contributed by atoms with Crippen molar-refractivity contribution in [3.05, 3.63) is 42.1 Å². The van der Waals surface area contributed by atoms with Gasteiger partial charge in [0.2, 0.25) is 11.8 Å². The first-order valence-corrected chi connectivity index (χ1v) is 12.3. The number of ether oxygens (including phenoxy) is 1. The molecule has 0 atom stereocenters. The standard InChI is InChI=1S/C24H28N8O3S/c1-14-18(8-15(9-25-14)28-20(33)13-31-7-6-24(31,2)3)29-21(34)17-11-27-32-12-19(36-23(17)32)16-10-26-30(4)22(16)35-5/h8-12H,6-7,13H2,1-5H3,(H,28,33)(H,29,34). The topological polar surface area (TPSA) is 119 Å². The summed E-state index contributed by atoms with van der Waals surface area (Å²) >= 11 is 1.42. The summed E-state index contributed by atoms with van der Waals surface area (Å²) in [7, 11) is 3.40. The lowest BCUT2D eigenvalue weighted by atomic mass is 9.89. The third-order valence-electron chi connectivity index (χ3n) is 6.59. The minimum absolute atomic E-state index is 0.0444. The predicted octanol–water partition coefficient (Wildman–Crippen LogP) is 3.18. The highest BCUT2D eigenvalue weighted by molar-refractivity contribution is 7.21. The maximum absolute atomic E-state index is 13.2. The van der Waals surface area contributed by atoms with E-state index < -0.39 is 0 Å². The van der Waals surface area contributed by atoms with E-state index in [0.717, 1.165) is 23.4 Å². The average Bonchev–Trinajstić information content (AvgIpc) is 3.52. The Kier molecular flexibility index (Phi) is 6.00. The molecule has 0 bridgehead atoms. The first kappa shape index (κ1) is 23.9. The molecule has 0 aliphatic carbocycles. The summed E-state index contributed by atoms with van der Waals surface area (Å²) in [5.74, 6) is 0.206. The molecule has 36 heavy (non-hydrogen) atoms.